The lowest BCUT2D eigenvalue weighted by Crippen LogP contribution is -2.46. The third kappa shape index (κ3) is 6.67. The highest BCUT2D eigenvalue weighted by atomic mass is 127. The van der Waals surface area contributed by atoms with Gasteiger partial charge in [0, 0.05) is 32.2 Å². The van der Waals surface area contributed by atoms with Crippen molar-refractivity contribution >= 4 is 61.5 Å². The smallest absolute Gasteiger partial charge is 0.410 e. The largest absolute Gasteiger partial charge is 0.444 e. The second-order valence-corrected chi connectivity index (χ2v) is 13.8. The Morgan fingerprint density at radius 1 is 1.27 bits per heavy atom. The number of ether oxygens (including phenoxy) is 1. The molecule has 1 aromatic carbocycles. The van der Waals surface area contributed by atoms with Crippen LogP contribution in [0.2, 0.25) is 0 Å². The average Bonchev–Trinajstić information content (AvgIpc) is 3.23. The highest BCUT2D eigenvalue weighted by Crippen LogP contribution is 2.37. The third-order valence-electron chi connectivity index (χ3n) is 6.41. The average molecular weight is 687 g/mol. The number of rotatable bonds is 6. The van der Waals surface area contributed by atoms with E-state index in [1.54, 1.807) is 31.7 Å². The Morgan fingerprint density at radius 2 is 1.95 bits per heavy atom. The molecule has 0 aliphatic carbocycles. The molecule has 1 aliphatic heterocycles. The van der Waals surface area contributed by atoms with Crippen LogP contribution in [0.5, 0.6) is 0 Å². The molecular formula is C27H32FIN4O6S. The molecule has 1 aliphatic rings. The molecule has 2 aromatic heterocycles. The number of amides is 2. The molecule has 0 radical (unpaired) electrons. The van der Waals surface area contributed by atoms with Gasteiger partial charge in [-0.25, -0.2) is 17.6 Å². The van der Waals surface area contributed by atoms with Crippen LogP contribution >= 0.6 is 22.6 Å². The van der Waals surface area contributed by atoms with Crippen molar-refractivity contribution in [2.45, 2.75) is 39.2 Å². The summed E-state index contributed by atoms with van der Waals surface area (Å²) in [4.78, 5) is 31.7. The number of hydrogen-bond acceptors (Lipinski definition) is 7. The lowest BCUT2D eigenvalue weighted by atomic mass is 9.98. The van der Waals surface area contributed by atoms with Crippen LogP contribution in [0.3, 0.4) is 0 Å². The van der Waals surface area contributed by atoms with Crippen LogP contribution in [0.15, 0.2) is 34.7 Å². The first-order valence-corrected chi connectivity index (χ1v) is 15.7. The summed E-state index contributed by atoms with van der Waals surface area (Å²) in [5.74, 6) is -0.660. The molecule has 1 N–H and O–H groups in total. The molecule has 10 nitrogen and oxygen atoms in total. The first-order valence-electron chi connectivity index (χ1n) is 12.7. The second kappa shape index (κ2) is 11.5. The number of likely N-dealkylation sites (tertiary alicyclic amines) is 1. The molecule has 3 heterocycles. The highest BCUT2D eigenvalue weighted by molar-refractivity contribution is 14.1. The minimum atomic E-state index is -3.79. The molecule has 40 heavy (non-hydrogen) atoms. The van der Waals surface area contributed by atoms with Crippen LogP contribution in [0.4, 0.5) is 15.0 Å². The number of sulfonamides is 1. The standard InChI is InChI=1S/C27H32FIN4O6S/c1-27(2,3)39-26(35)32-12-6-7-16(14-32)15-33(40(5,36)37)23-20(29)13-19-21(24(34)30-4)22(38-25(19)31-23)17-8-10-18(28)11-9-17/h8-11,13,16H,6-7,12,14-15H2,1-5H3,(H,30,34). The summed E-state index contributed by atoms with van der Waals surface area (Å²) >= 11 is 1.99. The van der Waals surface area contributed by atoms with Gasteiger partial charge in [-0.05, 0) is 92.5 Å². The number of piperidine rings is 1. The highest BCUT2D eigenvalue weighted by Gasteiger charge is 2.33. The van der Waals surface area contributed by atoms with Gasteiger partial charge >= 0.3 is 6.09 Å². The topological polar surface area (TPSA) is 122 Å². The Bertz CT molecular complexity index is 1540. The Morgan fingerprint density at radius 3 is 2.55 bits per heavy atom. The summed E-state index contributed by atoms with van der Waals surface area (Å²) in [5, 5.41) is 2.99. The van der Waals surface area contributed by atoms with Gasteiger partial charge in [0.1, 0.15) is 17.2 Å². The Hall–Kier alpha value is -2.94. The van der Waals surface area contributed by atoms with Crippen molar-refractivity contribution in [1.82, 2.24) is 15.2 Å². The SMILES string of the molecule is CNC(=O)c1c(-c2ccc(F)cc2)oc2nc(N(CC3CCCN(C(=O)OC(C)(C)C)C3)S(C)(=O)=O)c(I)cc12. The fourth-order valence-electron chi connectivity index (χ4n) is 4.64. The van der Waals surface area contributed by atoms with Gasteiger partial charge in [-0.2, -0.15) is 4.98 Å². The molecule has 1 unspecified atom stereocenters. The molecule has 1 saturated heterocycles. The van der Waals surface area contributed by atoms with Gasteiger partial charge in [0.25, 0.3) is 5.91 Å². The summed E-state index contributed by atoms with van der Waals surface area (Å²) in [6.07, 6.45) is 2.11. The van der Waals surface area contributed by atoms with E-state index in [-0.39, 0.29) is 35.3 Å². The van der Waals surface area contributed by atoms with Crippen molar-refractivity contribution < 1.29 is 31.6 Å². The molecule has 216 valence electrons. The van der Waals surface area contributed by atoms with Crippen LogP contribution in [0, 0.1) is 15.3 Å². The number of benzene rings is 1. The zero-order valence-corrected chi connectivity index (χ0v) is 25.9. The van der Waals surface area contributed by atoms with Crippen molar-refractivity contribution in [2.24, 2.45) is 5.92 Å². The number of carbonyl (C=O) groups excluding carboxylic acids is 2. The summed E-state index contributed by atoms with van der Waals surface area (Å²) in [5.41, 5.74) is 0.119. The number of halogens is 2. The number of nitrogens with one attached hydrogen (secondary N) is 1. The lowest BCUT2D eigenvalue weighted by Gasteiger charge is -2.36. The zero-order chi connectivity index (χ0) is 29.4. The lowest BCUT2D eigenvalue weighted by molar-refractivity contribution is 0.0171. The maximum atomic E-state index is 13.6. The summed E-state index contributed by atoms with van der Waals surface area (Å²) < 4.78 is 52.8. The van der Waals surface area contributed by atoms with Gasteiger partial charge in [0.2, 0.25) is 15.7 Å². The van der Waals surface area contributed by atoms with E-state index in [1.807, 2.05) is 22.6 Å². The van der Waals surface area contributed by atoms with Crippen LogP contribution in [0.1, 0.15) is 44.0 Å². The zero-order valence-electron chi connectivity index (χ0n) is 23.0. The predicted molar refractivity (Wildman–Crippen MR) is 158 cm³/mol. The van der Waals surface area contributed by atoms with E-state index in [2.05, 4.69) is 10.3 Å². The molecule has 3 aromatic rings. The predicted octanol–water partition coefficient (Wildman–Crippen LogP) is 5.01. The molecule has 1 fully saturated rings. The molecule has 4 rings (SSSR count). The van der Waals surface area contributed by atoms with E-state index >= 15 is 0 Å². The number of anilines is 1. The number of nitrogens with zero attached hydrogens (tertiary/aromatic N) is 3. The first kappa shape index (κ1) is 30.0. The fraction of sp³-hybridized carbons (Fsp3) is 0.444. The maximum absolute atomic E-state index is 13.6. The Balaban J connectivity index is 1.72. The molecule has 13 heteroatoms. The molecular weight excluding hydrogens is 654 g/mol. The van der Waals surface area contributed by atoms with Crippen LogP contribution < -0.4 is 9.62 Å². The number of fused-ring (bicyclic) bond motifs is 1. The third-order valence-corrected chi connectivity index (χ3v) is 8.33. The van der Waals surface area contributed by atoms with Gasteiger partial charge < -0.3 is 19.4 Å². The first-order chi connectivity index (χ1) is 18.7. The molecule has 0 bridgehead atoms. The van der Waals surface area contributed by atoms with Gasteiger partial charge in [0.15, 0.2) is 5.82 Å². The number of furan rings is 1. The van der Waals surface area contributed by atoms with Crippen molar-refractivity contribution in [1.29, 1.82) is 0 Å². The van der Waals surface area contributed by atoms with E-state index < -0.39 is 33.4 Å². The number of carbonyl (C=O) groups is 2. The normalized spacial score (nSPS) is 16.2. The number of hydrogen-bond donors (Lipinski definition) is 1. The second-order valence-electron chi connectivity index (χ2n) is 10.8. The molecule has 2 amide bonds. The summed E-state index contributed by atoms with van der Waals surface area (Å²) in [6, 6.07) is 7.16. The van der Waals surface area contributed by atoms with Crippen molar-refractivity contribution in [2.75, 3.05) is 37.2 Å². The van der Waals surface area contributed by atoms with Crippen LogP contribution in [-0.2, 0) is 14.8 Å². The Kier molecular flexibility index (Phi) is 8.64. The van der Waals surface area contributed by atoms with Gasteiger partial charge in [-0.3, -0.25) is 9.10 Å². The molecule has 0 saturated carbocycles. The Labute approximate surface area is 246 Å². The van der Waals surface area contributed by atoms with Crippen LogP contribution in [-0.4, -0.2) is 68.8 Å². The van der Waals surface area contributed by atoms with E-state index in [0.29, 0.717) is 34.0 Å². The number of aromatic nitrogens is 1. The van der Waals surface area contributed by atoms with Gasteiger partial charge in [-0.1, -0.05) is 0 Å². The van der Waals surface area contributed by atoms with Crippen molar-refractivity contribution in [3.05, 3.63) is 45.3 Å². The molecule has 0 spiro atoms. The summed E-state index contributed by atoms with van der Waals surface area (Å²) in [7, 11) is -2.30. The van der Waals surface area contributed by atoms with Crippen LogP contribution in [0.25, 0.3) is 22.4 Å². The number of pyridine rings is 1. The van der Waals surface area contributed by atoms with E-state index in [9.17, 15) is 22.4 Å². The molecule has 1 atom stereocenters. The van der Waals surface area contributed by atoms with E-state index in [0.717, 1.165) is 12.7 Å². The van der Waals surface area contributed by atoms with Crippen molar-refractivity contribution in [3.63, 3.8) is 0 Å². The monoisotopic (exact) mass is 686 g/mol. The van der Waals surface area contributed by atoms with Crippen molar-refractivity contribution in [3.8, 4) is 11.3 Å². The van der Waals surface area contributed by atoms with E-state index in [4.69, 9.17) is 9.15 Å². The summed E-state index contributed by atoms with van der Waals surface area (Å²) in [6.45, 7) is 6.37. The van der Waals surface area contributed by atoms with Gasteiger partial charge in [0.05, 0.1) is 20.8 Å². The fourth-order valence-corrected chi connectivity index (χ4v) is 6.46. The van der Waals surface area contributed by atoms with Gasteiger partial charge in [-0.15, -0.1) is 0 Å². The minimum Gasteiger partial charge on any atom is -0.444 e. The maximum Gasteiger partial charge on any atom is 0.410 e. The quantitative estimate of drug-likeness (QED) is 0.362. The van der Waals surface area contributed by atoms with E-state index in [1.165, 1.54) is 35.6 Å². The minimum absolute atomic E-state index is 0.0704.